The van der Waals surface area contributed by atoms with Crippen LogP contribution in [0.5, 0.6) is 0 Å². The number of rotatable bonds is 8. The zero-order valence-corrected chi connectivity index (χ0v) is 13.2. The Labute approximate surface area is 130 Å². The molecular formula is C15H24N6O. The highest BCUT2D eigenvalue weighted by Crippen LogP contribution is 2.04. The van der Waals surface area contributed by atoms with Crippen LogP contribution in [0, 0.1) is 0 Å². The number of methoxy groups -OCH3 is 1. The van der Waals surface area contributed by atoms with Gasteiger partial charge in [-0.15, -0.1) is 10.2 Å². The van der Waals surface area contributed by atoms with Gasteiger partial charge in [-0.05, 0) is 25.0 Å². The molecule has 0 aliphatic rings. The van der Waals surface area contributed by atoms with Crippen molar-refractivity contribution in [1.82, 2.24) is 25.2 Å². The quantitative estimate of drug-likeness (QED) is 0.430. The first-order chi connectivity index (χ1) is 10.8. The standard InChI is InChI=1S/C15H24N6O/c1-16-15(18-10-6-12-22-2)17-9-5-8-14-20-19-13-7-3-4-11-21(13)14/h3-4,7,11H,5-6,8-10,12H2,1-2H3,(H2,16,17,18). The molecule has 0 spiro atoms. The van der Waals surface area contributed by atoms with E-state index in [9.17, 15) is 0 Å². The highest BCUT2D eigenvalue weighted by Gasteiger charge is 2.04. The van der Waals surface area contributed by atoms with Gasteiger partial charge in [-0.3, -0.25) is 9.39 Å². The van der Waals surface area contributed by atoms with Crippen molar-refractivity contribution in [3.63, 3.8) is 0 Å². The Morgan fingerprint density at radius 1 is 1.23 bits per heavy atom. The van der Waals surface area contributed by atoms with Crippen LogP contribution in [0.15, 0.2) is 29.4 Å². The third-order valence-corrected chi connectivity index (χ3v) is 3.30. The van der Waals surface area contributed by atoms with Gasteiger partial charge in [-0.1, -0.05) is 6.07 Å². The SMILES string of the molecule is CN=C(NCCCOC)NCCCc1nnc2ccccn12. The van der Waals surface area contributed by atoms with Gasteiger partial charge in [0.15, 0.2) is 11.6 Å². The van der Waals surface area contributed by atoms with Crippen LogP contribution >= 0.6 is 0 Å². The predicted molar refractivity (Wildman–Crippen MR) is 87.2 cm³/mol. The lowest BCUT2D eigenvalue weighted by molar-refractivity contribution is 0.195. The second-order valence-corrected chi connectivity index (χ2v) is 4.92. The normalized spacial score (nSPS) is 11.8. The lowest BCUT2D eigenvalue weighted by Gasteiger charge is -2.11. The van der Waals surface area contributed by atoms with Gasteiger partial charge in [0.1, 0.15) is 5.82 Å². The molecule has 0 saturated heterocycles. The van der Waals surface area contributed by atoms with Crippen LogP contribution in [-0.2, 0) is 11.2 Å². The minimum absolute atomic E-state index is 0.754. The molecule has 7 nitrogen and oxygen atoms in total. The molecule has 0 radical (unpaired) electrons. The number of aromatic nitrogens is 3. The van der Waals surface area contributed by atoms with Gasteiger partial charge in [0.05, 0.1) is 0 Å². The van der Waals surface area contributed by atoms with E-state index in [-0.39, 0.29) is 0 Å². The molecule has 22 heavy (non-hydrogen) atoms. The molecule has 0 atom stereocenters. The lowest BCUT2D eigenvalue weighted by Crippen LogP contribution is -2.38. The average Bonchev–Trinajstić information content (AvgIpc) is 2.97. The Morgan fingerprint density at radius 3 is 2.82 bits per heavy atom. The van der Waals surface area contributed by atoms with Gasteiger partial charge in [0.2, 0.25) is 0 Å². The largest absolute Gasteiger partial charge is 0.385 e. The van der Waals surface area contributed by atoms with E-state index in [4.69, 9.17) is 4.74 Å². The van der Waals surface area contributed by atoms with E-state index in [0.717, 1.165) is 56.4 Å². The van der Waals surface area contributed by atoms with Crippen LogP contribution in [0.1, 0.15) is 18.7 Å². The zero-order valence-electron chi connectivity index (χ0n) is 13.2. The maximum atomic E-state index is 5.02. The van der Waals surface area contributed by atoms with Crippen LogP contribution in [0.3, 0.4) is 0 Å². The number of aryl methyl sites for hydroxylation is 1. The van der Waals surface area contributed by atoms with Gasteiger partial charge in [-0.2, -0.15) is 0 Å². The molecule has 7 heteroatoms. The molecule has 0 saturated carbocycles. The molecule has 0 amide bonds. The van der Waals surface area contributed by atoms with Crippen LogP contribution in [0.25, 0.3) is 5.65 Å². The maximum absolute atomic E-state index is 5.02. The van der Waals surface area contributed by atoms with Crippen molar-refractivity contribution in [3.05, 3.63) is 30.2 Å². The van der Waals surface area contributed by atoms with E-state index in [1.807, 2.05) is 28.8 Å². The van der Waals surface area contributed by atoms with E-state index < -0.39 is 0 Å². The summed E-state index contributed by atoms with van der Waals surface area (Å²) in [6.45, 7) is 2.44. The van der Waals surface area contributed by atoms with Crippen LogP contribution in [-0.4, -0.2) is 54.4 Å². The highest BCUT2D eigenvalue weighted by atomic mass is 16.5. The summed E-state index contributed by atoms with van der Waals surface area (Å²) in [6.07, 6.45) is 4.80. The molecular weight excluding hydrogens is 280 g/mol. The molecule has 0 unspecified atom stereocenters. The van der Waals surface area contributed by atoms with Crippen molar-refractivity contribution in [2.45, 2.75) is 19.3 Å². The lowest BCUT2D eigenvalue weighted by atomic mass is 10.3. The summed E-state index contributed by atoms with van der Waals surface area (Å²) in [6, 6.07) is 5.92. The molecule has 120 valence electrons. The number of hydrogen-bond acceptors (Lipinski definition) is 4. The monoisotopic (exact) mass is 304 g/mol. The smallest absolute Gasteiger partial charge is 0.190 e. The van der Waals surface area contributed by atoms with E-state index >= 15 is 0 Å². The van der Waals surface area contributed by atoms with E-state index in [1.165, 1.54) is 0 Å². The molecule has 0 fully saturated rings. The molecule has 0 aliphatic carbocycles. The maximum Gasteiger partial charge on any atom is 0.190 e. The van der Waals surface area contributed by atoms with E-state index in [1.54, 1.807) is 14.2 Å². The average molecular weight is 304 g/mol. The topological polar surface area (TPSA) is 75.8 Å². The zero-order chi connectivity index (χ0) is 15.6. The van der Waals surface area contributed by atoms with Crippen molar-refractivity contribution in [3.8, 4) is 0 Å². The van der Waals surface area contributed by atoms with Gasteiger partial charge >= 0.3 is 0 Å². The molecule has 2 N–H and O–H groups in total. The van der Waals surface area contributed by atoms with E-state index in [0.29, 0.717) is 0 Å². The third-order valence-electron chi connectivity index (χ3n) is 3.30. The Hall–Kier alpha value is -2.15. The number of guanidine groups is 1. The predicted octanol–water partition coefficient (Wildman–Crippen LogP) is 0.863. The Morgan fingerprint density at radius 2 is 2.05 bits per heavy atom. The fourth-order valence-electron chi connectivity index (χ4n) is 2.16. The van der Waals surface area contributed by atoms with Crippen LogP contribution in [0.4, 0.5) is 0 Å². The summed E-state index contributed by atoms with van der Waals surface area (Å²) < 4.78 is 7.04. The molecule has 2 rings (SSSR count). The van der Waals surface area contributed by atoms with Crippen molar-refractivity contribution in [1.29, 1.82) is 0 Å². The number of nitrogens with zero attached hydrogens (tertiary/aromatic N) is 4. The second-order valence-electron chi connectivity index (χ2n) is 4.92. The van der Waals surface area contributed by atoms with E-state index in [2.05, 4.69) is 25.8 Å². The number of nitrogens with one attached hydrogen (secondary N) is 2. The first kappa shape index (κ1) is 16.2. The number of ether oxygens (including phenoxy) is 1. The molecule has 0 aliphatic heterocycles. The van der Waals surface area contributed by atoms with Gasteiger partial charge in [0, 0.05) is 46.5 Å². The number of aliphatic imine (C=N–C) groups is 1. The van der Waals surface area contributed by atoms with Crippen LogP contribution in [0.2, 0.25) is 0 Å². The Kier molecular flexibility index (Phi) is 6.63. The van der Waals surface area contributed by atoms with Gasteiger partial charge in [-0.25, -0.2) is 0 Å². The minimum Gasteiger partial charge on any atom is -0.385 e. The van der Waals surface area contributed by atoms with Crippen molar-refractivity contribution >= 4 is 11.6 Å². The molecule has 2 aromatic heterocycles. The summed E-state index contributed by atoms with van der Waals surface area (Å²) in [5.41, 5.74) is 0.890. The number of pyridine rings is 1. The summed E-state index contributed by atoms with van der Waals surface area (Å²) in [5.74, 6) is 1.81. The molecule has 2 heterocycles. The first-order valence-corrected chi connectivity index (χ1v) is 7.57. The second kappa shape index (κ2) is 8.99. The fraction of sp³-hybridized carbons (Fsp3) is 0.533. The molecule has 0 aromatic carbocycles. The minimum atomic E-state index is 0.754. The highest BCUT2D eigenvalue weighted by molar-refractivity contribution is 5.79. The molecule has 0 bridgehead atoms. The van der Waals surface area contributed by atoms with Gasteiger partial charge in [0.25, 0.3) is 0 Å². The first-order valence-electron chi connectivity index (χ1n) is 7.57. The molecule has 2 aromatic rings. The fourth-order valence-corrected chi connectivity index (χ4v) is 2.16. The summed E-state index contributed by atoms with van der Waals surface area (Å²) in [4.78, 5) is 4.19. The van der Waals surface area contributed by atoms with Gasteiger partial charge < -0.3 is 15.4 Å². The summed E-state index contributed by atoms with van der Waals surface area (Å²) >= 11 is 0. The number of fused-ring (bicyclic) bond motifs is 1. The van der Waals surface area contributed by atoms with Crippen molar-refractivity contribution in [2.75, 3.05) is 33.9 Å². The number of hydrogen-bond donors (Lipinski definition) is 2. The summed E-state index contributed by atoms with van der Waals surface area (Å²) in [5, 5.41) is 14.9. The Balaban J connectivity index is 1.70. The summed E-state index contributed by atoms with van der Waals surface area (Å²) in [7, 11) is 3.49. The Bertz CT molecular complexity index is 594. The van der Waals surface area contributed by atoms with Crippen LogP contribution < -0.4 is 10.6 Å². The van der Waals surface area contributed by atoms with Crippen molar-refractivity contribution < 1.29 is 4.74 Å². The van der Waals surface area contributed by atoms with Crippen molar-refractivity contribution in [2.24, 2.45) is 4.99 Å². The third kappa shape index (κ3) is 4.70.